The summed E-state index contributed by atoms with van der Waals surface area (Å²) in [7, 11) is 1.31. The summed E-state index contributed by atoms with van der Waals surface area (Å²) in [6.45, 7) is 4.15. The van der Waals surface area contributed by atoms with Crippen molar-refractivity contribution in [1.29, 1.82) is 0 Å². The normalized spacial score (nSPS) is 13.2. The Bertz CT molecular complexity index is 437. The van der Waals surface area contributed by atoms with Gasteiger partial charge in [-0.05, 0) is 18.1 Å². The minimum Gasteiger partial charge on any atom is -0.467 e. The zero-order valence-electron chi connectivity index (χ0n) is 12.1. The third-order valence-electron chi connectivity index (χ3n) is 3.11. The summed E-state index contributed by atoms with van der Waals surface area (Å²) >= 11 is 0. The molecule has 1 aromatic heterocycles. The summed E-state index contributed by atoms with van der Waals surface area (Å²) in [5.41, 5.74) is 0.751. The van der Waals surface area contributed by atoms with Crippen LogP contribution < -0.4 is 10.6 Å². The standard InChI is InChI=1S/C14H21N3O3/c1-4-10(2)12(13(18)20-3)17-14(19)16-9-11-7-5-6-8-15-11/h5-8,10,12H,4,9H2,1-3H3,(H2,16,17,19)/t10-,12+/m1/s1. The molecule has 0 unspecified atom stereocenters. The van der Waals surface area contributed by atoms with Crippen LogP contribution in [0.15, 0.2) is 24.4 Å². The number of urea groups is 1. The van der Waals surface area contributed by atoms with Crippen LogP contribution in [0, 0.1) is 5.92 Å². The van der Waals surface area contributed by atoms with Gasteiger partial charge in [-0.15, -0.1) is 0 Å². The first kappa shape index (κ1) is 15.9. The molecule has 2 atom stereocenters. The number of methoxy groups -OCH3 is 1. The molecule has 0 aliphatic carbocycles. The zero-order chi connectivity index (χ0) is 15.0. The van der Waals surface area contributed by atoms with Gasteiger partial charge in [-0.3, -0.25) is 4.98 Å². The number of rotatable bonds is 6. The second-order valence-electron chi connectivity index (χ2n) is 4.53. The van der Waals surface area contributed by atoms with Gasteiger partial charge in [0.15, 0.2) is 0 Å². The van der Waals surface area contributed by atoms with Crippen LogP contribution in [-0.4, -0.2) is 30.1 Å². The van der Waals surface area contributed by atoms with Gasteiger partial charge < -0.3 is 15.4 Å². The number of nitrogens with one attached hydrogen (secondary N) is 2. The lowest BCUT2D eigenvalue weighted by atomic mass is 9.99. The fraction of sp³-hybridized carbons (Fsp3) is 0.500. The largest absolute Gasteiger partial charge is 0.467 e. The van der Waals surface area contributed by atoms with Gasteiger partial charge >= 0.3 is 12.0 Å². The van der Waals surface area contributed by atoms with Crippen LogP contribution in [-0.2, 0) is 16.1 Å². The highest BCUT2D eigenvalue weighted by atomic mass is 16.5. The van der Waals surface area contributed by atoms with Crippen LogP contribution >= 0.6 is 0 Å². The molecule has 0 fully saturated rings. The van der Waals surface area contributed by atoms with Crippen LogP contribution in [0.2, 0.25) is 0 Å². The van der Waals surface area contributed by atoms with E-state index in [2.05, 4.69) is 15.6 Å². The van der Waals surface area contributed by atoms with Gasteiger partial charge in [0.2, 0.25) is 0 Å². The third kappa shape index (κ3) is 4.87. The molecule has 0 saturated heterocycles. The van der Waals surface area contributed by atoms with Crippen molar-refractivity contribution in [3.8, 4) is 0 Å². The van der Waals surface area contributed by atoms with Crippen molar-refractivity contribution in [2.45, 2.75) is 32.9 Å². The third-order valence-corrected chi connectivity index (χ3v) is 3.11. The summed E-state index contributed by atoms with van der Waals surface area (Å²) in [4.78, 5) is 27.6. The van der Waals surface area contributed by atoms with Gasteiger partial charge in [-0.2, -0.15) is 0 Å². The first-order valence-corrected chi connectivity index (χ1v) is 6.60. The maximum absolute atomic E-state index is 11.8. The summed E-state index contributed by atoms with van der Waals surface area (Å²) in [6.07, 6.45) is 2.42. The molecule has 6 heteroatoms. The summed E-state index contributed by atoms with van der Waals surface area (Å²) in [5.74, 6) is -0.435. The smallest absolute Gasteiger partial charge is 0.328 e. The van der Waals surface area contributed by atoms with Gasteiger partial charge in [-0.1, -0.05) is 26.3 Å². The molecule has 0 spiro atoms. The first-order chi connectivity index (χ1) is 9.58. The van der Waals surface area contributed by atoms with E-state index in [1.807, 2.05) is 26.0 Å². The van der Waals surface area contributed by atoms with Crippen LogP contribution in [0.1, 0.15) is 26.0 Å². The lowest BCUT2D eigenvalue weighted by Crippen LogP contribution is -2.49. The first-order valence-electron chi connectivity index (χ1n) is 6.60. The molecule has 2 N–H and O–H groups in total. The molecule has 0 aromatic carbocycles. The Morgan fingerprint density at radius 2 is 2.15 bits per heavy atom. The highest BCUT2D eigenvalue weighted by Gasteiger charge is 2.26. The van der Waals surface area contributed by atoms with Crippen LogP contribution in [0.4, 0.5) is 4.79 Å². The van der Waals surface area contributed by atoms with Crippen molar-refractivity contribution >= 4 is 12.0 Å². The predicted octanol–water partition coefficient (Wildman–Crippen LogP) is 1.47. The fourth-order valence-corrected chi connectivity index (χ4v) is 1.66. The monoisotopic (exact) mass is 279 g/mol. The minimum absolute atomic E-state index is 0.00282. The van der Waals surface area contributed by atoms with Gasteiger partial charge in [0.25, 0.3) is 0 Å². The number of carbonyl (C=O) groups excluding carboxylic acids is 2. The molecule has 0 aliphatic rings. The van der Waals surface area contributed by atoms with Gasteiger partial charge in [0.1, 0.15) is 6.04 Å². The van der Waals surface area contributed by atoms with E-state index in [0.29, 0.717) is 6.54 Å². The van der Waals surface area contributed by atoms with E-state index in [0.717, 1.165) is 12.1 Å². The number of esters is 1. The summed E-state index contributed by atoms with van der Waals surface area (Å²) in [5, 5.41) is 5.30. The summed E-state index contributed by atoms with van der Waals surface area (Å²) in [6, 6.07) is 4.41. The van der Waals surface area contributed by atoms with Crippen molar-refractivity contribution in [3.63, 3.8) is 0 Å². The molecule has 0 radical (unpaired) electrons. The SMILES string of the molecule is CC[C@@H](C)[C@H](NC(=O)NCc1ccccn1)C(=O)OC. The number of hydrogen-bond acceptors (Lipinski definition) is 4. The molecule has 6 nitrogen and oxygen atoms in total. The van der Waals surface area contributed by atoms with Crippen molar-refractivity contribution < 1.29 is 14.3 Å². The van der Waals surface area contributed by atoms with Crippen LogP contribution in [0.3, 0.4) is 0 Å². The lowest BCUT2D eigenvalue weighted by molar-refractivity contribution is -0.144. The quantitative estimate of drug-likeness (QED) is 0.773. The molecule has 0 aliphatic heterocycles. The Morgan fingerprint density at radius 1 is 1.40 bits per heavy atom. The van der Waals surface area contributed by atoms with E-state index < -0.39 is 18.0 Å². The molecular weight excluding hydrogens is 258 g/mol. The second-order valence-corrected chi connectivity index (χ2v) is 4.53. The van der Waals surface area contributed by atoms with Crippen molar-refractivity contribution in [2.75, 3.05) is 7.11 Å². The van der Waals surface area contributed by atoms with E-state index in [1.165, 1.54) is 7.11 Å². The van der Waals surface area contributed by atoms with Crippen molar-refractivity contribution in [3.05, 3.63) is 30.1 Å². The molecule has 0 saturated carbocycles. The number of carbonyl (C=O) groups is 2. The zero-order valence-corrected chi connectivity index (χ0v) is 12.1. The highest BCUT2D eigenvalue weighted by Crippen LogP contribution is 2.09. The Labute approximate surface area is 118 Å². The number of aromatic nitrogens is 1. The second kappa shape index (κ2) is 8.14. The Kier molecular flexibility index (Phi) is 6.49. The van der Waals surface area contributed by atoms with E-state index in [4.69, 9.17) is 4.74 Å². The molecule has 1 aromatic rings. The minimum atomic E-state index is -0.645. The molecule has 1 heterocycles. The van der Waals surface area contributed by atoms with Crippen LogP contribution in [0.5, 0.6) is 0 Å². The molecule has 1 rings (SSSR count). The maximum Gasteiger partial charge on any atom is 0.328 e. The van der Waals surface area contributed by atoms with Gasteiger partial charge in [0.05, 0.1) is 19.3 Å². The van der Waals surface area contributed by atoms with E-state index >= 15 is 0 Å². The van der Waals surface area contributed by atoms with Crippen molar-refractivity contribution in [1.82, 2.24) is 15.6 Å². The number of nitrogens with zero attached hydrogens (tertiary/aromatic N) is 1. The Morgan fingerprint density at radius 3 is 2.70 bits per heavy atom. The number of pyridine rings is 1. The topological polar surface area (TPSA) is 80.3 Å². The van der Waals surface area contributed by atoms with E-state index in [9.17, 15) is 9.59 Å². The number of ether oxygens (including phenoxy) is 1. The highest BCUT2D eigenvalue weighted by molar-refractivity contribution is 5.83. The lowest BCUT2D eigenvalue weighted by Gasteiger charge is -2.21. The van der Waals surface area contributed by atoms with Crippen molar-refractivity contribution in [2.24, 2.45) is 5.92 Å². The fourth-order valence-electron chi connectivity index (χ4n) is 1.66. The molecule has 20 heavy (non-hydrogen) atoms. The average molecular weight is 279 g/mol. The number of amides is 2. The molecule has 2 amide bonds. The molecule has 110 valence electrons. The average Bonchev–Trinajstić information content (AvgIpc) is 2.50. The van der Waals surface area contributed by atoms with Gasteiger partial charge in [-0.25, -0.2) is 9.59 Å². The number of hydrogen-bond donors (Lipinski definition) is 2. The van der Waals surface area contributed by atoms with Gasteiger partial charge in [0, 0.05) is 6.20 Å². The Hall–Kier alpha value is -2.11. The maximum atomic E-state index is 11.8. The predicted molar refractivity (Wildman–Crippen MR) is 74.9 cm³/mol. The van der Waals surface area contributed by atoms with E-state index in [1.54, 1.807) is 12.3 Å². The van der Waals surface area contributed by atoms with Crippen LogP contribution in [0.25, 0.3) is 0 Å². The molecule has 0 bridgehead atoms. The van der Waals surface area contributed by atoms with E-state index in [-0.39, 0.29) is 5.92 Å². The Balaban J connectivity index is 2.51. The summed E-state index contributed by atoms with van der Waals surface area (Å²) < 4.78 is 4.71. The molecular formula is C14H21N3O3.